The molecular weight excluding hydrogens is 246 g/mol. The maximum atomic E-state index is 10.4. The molecular formula is C9H13N3O2S2. The monoisotopic (exact) mass is 259 g/mol. The maximum absolute atomic E-state index is 10.4. The van der Waals surface area contributed by atoms with Crippen molar-refractivity contribution in [1.29, 1.82) is 0 Å². The van der Waals surface area contributed by atoms with Gasteiger partial charge in [-0.3, -0.25) is 4.79 Å². The first kappa shape index (κ1) is 11.7. The third kappa shape index (κ3) is 3.34. The summed E-state index contributed by atoms with van der Waals surface area (Å²) in [5, 5.41) is 20.5. The summed E-state index contributed by atoms with van der Waals surface area (Å²) in [6.45, 7) is 2.14. The van der Waals surface area contributed by atoms with Crippen molar-refractivity contribution in [3.63, 3.8) is 0 Å². The smallest absolute Gasteiger partial charge is 0.313 e. The zero-order valence-electron chi connectivity index (χ0n) is 8.84. The molecule has 0 saturated heterocycles. The first-order chi connectivity index (χ1) is 7.65. The van der Waals surface area contributed by atoms with Gasteiger partial charge in [0.25, 0.3) is 0 Å². The summed E-state index contributed by atoms with van der Waals surface area (Å²) in [6, 6.07) is 0.435. The van der Waals surface area contributed by atoms with Crippen LogP contribution in [0, 0.1) is 5.92 Å². The number of thioether (sulfide) groups is 1. The highest BCUT2D eigenvalue weighted by molar-refractivity contribution is 8.01. The molecule has 0 aliphatic heterocycles. The van der Waals surface area contributed by atoms with E-state index in [1.165, 1.54) is 35.9 Å². The molecule has 1 atom stereocenters. The number of anilines is 1. The second-order valence-corrected chi connectivity index (χ2v) is 6.03. The molecule has 16 heavy (non-hydrogen) atoms. The van der Waals surface area contributed by atoms with E-state index in [1.807, 2.05) is 0 Å². The van der Waals surface area contributed by atoms with Crippen molar-refractivity contribution in [2.45, 2.75) is 30.1 Å². The number of hydrogen-bond donors (Lipinski definition) is 2. The molecule has 1 aliphatic carbocycles. The number of aromatic nitrogens is 2. The van der Waals surface area contributed by atoms with Crippen LogP contribution in [0.5, 0.6) is 0 Å². The first-order valence-electron chi connectivity index (χ1n) is 5.10. The summed E-state index contributed by atoms with van der Waals surface area (Å²) < 4.78 is 0.702. The third-order valence-electron chi connectivity index (χ3n) is 2.41. The number of carboxylic acids is 1. The highest BCUT2D eigenvalue weighted by Crippen LogP contribution is 2.35. The molecule has 1 fully saturated rings. The summed E-state index contributed by atoms with van der Waals surface area (Å²) in [7, 11) is 0. The summed E-state index contributed by atoms with van der Waals surface area (Å²) in [4.78, 5) is 10.4. The largest absolute Gasteiger partial charge is 0.481 e. The van der Waals surface area contributed by atoms with Crippen LogP contribution in [0.25, 0.3) is 0 Å². The van der Waals surface area contributed by atoms with Crippen LogP contribution < -0.4 is 5.32 Å². The number of carbonyl (C=O) groups is 1. The molecule has 0 amide bonds. The van der Waals surface area contributed by atoms with Crippen LogP contribution in [-0.2, 0) is 4.79 Å². The Hall–Kier alpha value is -0.820. The van der Waals surface area contributed by atoms with Gasteiger partial charge in [-0.15, -0.1) is 10.2 Å². The second-order valence-electron chi connectivity index (χ2n) is 3.83. The first-order valence-corrected chi connectivity index (χ1v) is 6.90. The summed E-state index contributed by atoms with van der Waals surface area (Å²) in [5.41, 5.74) is 0. The molecule has 1 unspecified atom stereocenters. The van der Waals surface area contributed by atoms with Gasteiger partial charge in [-0.25, -0.2) is 0 Å². The molecule has 1 aromatic rings. The fourth-order valence-corrected chi connectivity index (χ4v) is 2.93. The normalized spacial score (nSPS) is 17.1. The minimum absolute atomic E-state index is 0.0345. The van der Waals surface area contributed by atoms with E-state index in [2.05, 4.69) is 22.4 Å². The lowest BCUT2D eigenvalue weighted by Gasteiger charge is -2.09. The van der Waals surface area contributed by atoms with E-state index >= 15 is 0 Å². The Morgan fingerprint density at radius 3 is 3.06 bits per heavy atom. The van der Waals surface area contributed by atoms with Gasteiger partial charge in [0.15, 0.2) is 4.34 Å². The molecule has 0 bridgehead atoms. The molecule has 1 saturated carbocycles. The van der Waals surface area contributed by atoms with Gasteiger partial charge in [-0.2, -0.15) is 0 Å². The lowest BCUT2D eigenvalue weighted by molar-refractivity contribution is -0.133. The topological polar surface area (TPSA) is 75.1 Å². The highest BCUT2D eigenvalue weighted by atomic mass is 32.2. The average Bonchev–Trinajstić information content (AvgIpc) is 2.98. The Morgan fingerprint density at radius 1 is 1.69 bits per heavy atom. The Morgan fingerprint density at radius 2 is 2.44 bits per heavy atom. The molecule has 0 aromatic carbocycles. The predicted octanol–water partition coefficient (Wildman–Crippen LogP) is 1.93. The van der Waals surface area contributed by atoms with Gasteiger partial charge in [0.05, 0.1) is 5.75 Å². The van der Waals surface area contributed by atoms with Crippen LogP contribution in [0.3, 0.4) is 0 Å². The SMILES string of the molecule is CC(Nc1nnc(SCC(=O)O)s1)C1CC1. The number of aliphatic carboxylic acids is 1. The van der Waals surface area contributed by atoms with Gasteiger partial charge in [-0.05, 0) is 25.7 Å². The summed E-state index contributed by atoms with van der Waals surface area (Å²) in [5.74, 6) is -0.0348. The van der Waals surface area contributed by atoms with E-state index < -0.39 is 5.97 Å². The van der Waals surface area contributed by atoms with Crippen molar-refractivity contribution < 1.29 is 9.90 Å². The molecule has 7 heteroatoms. The Balaban J connectivity index is 1.83. The van der Waals surface area contributed by atoms with Crippen LogP contribution in [0.15, 0.2) is 4.34 Å². The van der Waals surface area contributed by atoms with Crippen molar-refractivity contribution in [1.82, 2.24) is 10.2 Å². The van der Waals surface area contributed by atoms with Crippen molar-refractivity contribution in [2.75, 3.05) is 11.1 Å². The number of nitrogens with one attached hydrogen (secondary N) is 1. The zero-order chi connectivity index (χ0) is 11.5. The van der Waals surface area contributed by atoms with E-state index in [1.54, 1.807) is 0 Å². The highest BCUT2D eigenvalue weighted by Gasteiger charge is 2.28. The van der Waals surface area contributed by atoms with E-state index in [0.29, 0.717) is 10.4 Å². The van der Waals surface area contributed by atoms with E-state index in [0.717, 1.165) is 11.0 Å². The molecule has 1 aromatic heterocycles. The van der Waals surface area contributed by atoms with Crippen LogP contribution in [0.1, 0.15) is 19.8 Å². The zero-order valence-corrected chi connectivity index (χ0v) is 10.5. The fraction of sp³-hybridized carbons (Fsp3) is 0.667. The minimum atomic E-state index is -0.832. The van der Waals surface area contributed by atoms with Gasteiger partial charge in [0.1, 0.15) is 0 Å². The van der Waals surface area contributed by atoms with Crippen molar-refractivity contribution >= 4 is 34.2 Å². The van der Waals surface area contributed by atoms with Crippen LogP contribution in [-0.4, -0.2) is 33.1 Å². The quantitative estimate of drug-likeness (QED) is 0.760. The Kier molecular flexibility index (Phi) is 3.65. The third-order valence-corrected chi connectivity index (χ3v) is 4.38. The lowest BCUT2D eigenvalue weighted by Crippen LogP contribution is -2.16. The van der Waals surface area contributed by atoms with E-state index in [4.69, 9.17) is 5.11 Å². The van der Waals surface area contributed by atoms with Gasteiger partial charge in [0, 0.05) is 6.04 Å². The van der Waals surface area contributed by atoms with Crippen molar-refractivity contribution in [3.8, 4) is 0 Å². The Labute approximate surface area is 102 Å². The van der Waals surface area contributed by atoms with E-state index in [9.17, 15) is 4.79 Å². The number of carboxylic acid groups (broad SMARTS) is 1. The molecule has 1 aliphatic rings. The number of hydrogen-bond acceptors (Lipinski definition) is 6. The van der Waals surface area contributed by atoms with Crippen molar-refractivity contribution in [3.05, 3.63) is 0 Å². The van der Waals surface area contributed by atoms with E-state index in [-0.39, 0.29) is 5.75 Å². The summed E-state index contributed by atoms with van der Waals surface area (Å²) >= 11 is 2.62. The molecule has 2 rings (SSSR count). The number of rotatable bonds is 6. The van der Waals surface area contributed by atoms with Gasteiger partial charge in [-0.1, -0.05) is 23.1 Å². The molecule has 0 radical (unpaired) electrons. The van der Waals surface area contributed by atoms with Crippen LogP contribution in [0.2, 0.25) is 0 Å². The second kappa shape index (κ2) is 5.01. The number of nitrogens with zero attached hydrogens (tertiary/aromatic N) is 2. The van der Waals surface area contributed by atoms with Gasteiger partial charge < -0.3 is 10.4 Å². The molecule has 5 nitrogen and oxygen atoms in total. The molecule has 0 spiro atoms. The van der Waals surface area contributed by atoms with Crippen LogP contribution >= 0.6 is 23.1 Å². The fourth-order valence-electron chi connectivity index (χ4n) is 1.36. The van der Waals surface area contributed by atoms with Crippen molar-refractivity contribution in [2.24, 2.45) is 5.92 Å². The lowest BCUT2D eigenvalue weighted by atomic mass is 10.2. The summed E-state index contributed by atoms with van der Waals surface area (Å²) in [6.07, 6.45) is 2.57. The standard InChI is InChI=1S/C9H13N3O2S2/c1-5(6-2-3-6)10-8-11-12-9(16-8)15-4-7(13)14/h5-6H,2-4H2,1H3,(H,10,11)(H,13,14). The Bertz CT molecular complexity index is 379. The minimum Gasteiger partial charge on any atom is -0.481 e. The predicted molar refractivity (Wildman–Crippen MR) is 64.1 cm³/mol. The maximum Gasteiger partial charge on any atom is 0.313 e. The average molecular weight is 259 g/mol. The molecule has 2 N–H and O–H groups in total. The van der Waals surface area contributed by atoms with Crippen LogP contribution in [0.4, 0.5) is 5.13 Å². The molecule has 1 heterocycles. The van der Waals surface area contributed by atoms with Gasteiger partial charge in [0.2, 0.25) is 5.13 Å². The molecule has 88 valence electrons. The van der Waals surface area contributed by atoms with Gasteiger partial charge >= 0.3 is 5.97 Å².